The van der Waals surface area contributed by atoms with Crippen molar-refractivity contribution in [2.75, 3.05) is 14.2 Å². The van der Waals surface area contributed by atoms with E-state index in [1.54, 1.807) is 12.1 Å². The predicted octanol–water partition coefficient (Wildman–Crippen LogP) is 5.38. The number of aromatic nitrogens is 3. The molecule has 0 saturated carbocycles. The van der Waals surface area contributed by atoms with E-state index < -0.39 is 23.3 Å². The molecule has 0 spiro atoms. The summed E-state index contributed by atoms with van der Waals surface area (Å²) in [6, 6.07) is 6.85. The molecule has 0 radical (unpaired) electrons. The number of nitrogens with zero attached hydrogens (tertiary/aromatic N) is 3. The van der Waals surface area contributed by atoms with Crippen LogP contribution in [0, 0.1) is 5.41 Å². The van der Waals surface area contributed by atoms with Gasteiger partial charge in [0.15, 0.2) is 28.5 Å². The second-order valence-electron chi connectivity index (χ2n) is 9.97. The zero-order valence-corrected chi connectivity index (χ0v) is 20.3. The van der Waals surface area contributed by atoms with Gasteiger partial charge in [-0.05, 0) is 49.9 Å². The van der Waals surface area contributed by atoms with Crippen molar-refractivity contribution in [1.29, 1.82) is 0 Å². The second kappa shape index (κ2) is 8.81. The molecule has 3 rings (SSSR count). The molecule has 0 aliphatic heterocycles. The minimum atomic E-state index is -4.72. The fourth-order valence-corrected chi connectivity index (χ4v) is 4.17. The SMILES string of the molecule is COc1ccc(-c2cc(C(F)(F)F)n3nc(C(=O)NC(C)(C)CC(C)(C)C)cc3n2)cc1OC. The minimum Gasteiger partial charge on any atom is -0.493 e. The van der Waals surface area contributed by atoms with Crippen LogP contribution in [0.25, 0.3) is 16.9 Å². The summed E-state index contributed by atoms with van der Waals surface area (Å²) < 4.78 is 52.8. The Kier molecular flexibility index (Phi) is 6.56. The van der Waals surface area contributed by atoms with E-state index in [9.17, 15) is 18.0 Å². The number of fused-ring (bicyclic) bond motifs is 1. The van der Waals surface area contributed by atoms with Gasteiger partial charge >= 0.3 is 6.18 Å². The molecule has 34 heavy (non-hydrogen) atoms. The highest BCUT2D eigenvalue weighted by molar-refractivity contribution is 5.93. The smallest absolute Gasteiger partial charge is 0.433 e. The van der Waals surface area contributed by atoms with Crippen molar-refractivity contribution in [3.8, 4) is 22.8 Å². The molecule has 1 N–H and O–H groups in total. The first-order valence-electron chi connectivity index (χ1n) is 10.7. The Morgan fingerprint density at radius 3 is 2.21 bits per heavy atom. The molecule has 1 amide bonds. The van der Waals surface area contributed by atoms with Gasteiger partial charge in [0.1, 0.15) is 0 Å². The minimum absolute atomic E-state index is 0.0562. The Hall–Kier alpha value is -3.30. The quantitative estimate of drug-likeness (QED) is 0.515. The number of ether oxygens (including phenoxy) is 2. The molecule has 0 saturated heterocycles. The van der Waals surface area contributed by atoms with Gasteiger partial charge in [0.2, 0.25) is 0 Å². The molecular formula is C24H29F3N4O3. The van der Waals surface area contributed by atoms with Gasteiger partial charge in [-0.15, -0.1) is 0 Å². The van der Waals surface area contributed by atoms with E-state index in [1.807, 2.05) is 34.6 Å². The first kappa shape index (κ1) is 25.3. The van der Waals surface area contributed by atoms with Gasteiger partial charge in [-0.1, -0.05) is 20.8 Å². The third kappa shape index (κ3) is 5.60. The van der Waals surface area contributed by atoms with Crippen molar-refractivity contribution < 1.29 is 27.4 Å². The standard InChI is InChI=1S/C24H29F3N4O3/c1-22(2,3)13-23(4,5)29-21(32)16-12-20-28-15(11-19(24(25,26)27)31(20)30-16)14-8-9-17(33-6)18(10-14)34-7/h8-12H,13H2,1-7H3,(H,29,32). The van der Waals surface area contributed by atoms with E-state index in [1.165, 1.54) is 26.4 Å². The van der Waals surface area contributed by atoms with Crippen LogP contribution >= 0.6 is 0 Å². The van der Waals surface area contributed by atoms with E-state index in [2.05, 4.69) is 15.4 Å². The Bertz CT molecular complexity index is 1210. The normalized spacial score (nSPS) is 12.6. The summed E-state index contributed by atoms with van der Waals surface area (Å²) in [7, 11) is 2.90. The van der Waals surface area contributed by atoms with Gasteiger partial charge in [0.25, 0.3) is 5.91 Å². The number of benzene rings is 1. The van der Waals surface area contributed by atoms with Crippen molar-refractivity contribution in [2.45, 2.75) is 52.8 Å². The monoisotopic (exact) mass is 478 g/mol. The fourth-order valence-electron chi connectivity index (χ4n) is 4.17. The van der Waals surface area contributed by atoms with Crippen molar-refractivity contribution in [3.63, 3.8) is 0 Å². The van der Waals surface area contributed by atoms with E-state index in [0.717, 1.165) is 6.07 Å². The number of nitrogens with one attached hydrogen (secondary N) is 1. The number of alkyl halides is 3. The average Bonchev–Trinajstić information content (AvgIpc) is 3.13. The first-order valence-corrected chi connectivity index (χ1v) is 10.7. The number of rotatable bonds is 6. The van der Waals surface area contributed by atoms with Crippen molar-refractivity contribution in [1.82, 2.24) is 19.9 Å². The molecule has 0 unspecified atom stereocenters. The average molecular weight is 479 g/mol. The summed E-state index contributed by atoms with van der Waals surface area (Å²) in [6.45, 7) is 9.85. The number of hydrogen-bond donors (Lipinski definition) is 1. The second-order valence-corrected chi connectivity index (χ2v) is 9.97. The van der Waals surface area contributed by atoms with Crippen molar-refractivity contribution in [2.24, 2.45) is 5.41 Å². The summed E-state index contributed by atoms with van der Waals surface area (Å²) in [6.07, 6.45) is -4.06. The highest BCUT2D eigenvalue weighted by Crippen LogP contribution is 2.35. The summed E-state index contributed by atoms with van der Waals surface area (Å²) >= 11 is 0. The number of carbonyl (C=O) groups excluding carboxylic acids is 1. The largest absolute Gasteiger partial charge is 0.493 e. The van der Waals surface area contributed by atoms with Crippen LogP contribution in [0.4, 0.5) is 13.2 Å². The highest BCUT2D eigenvalue weighted by atomic mass is 19.4. The third-order valence-electron chi connectivity index (χ3n) is 5.05. The van der Waals surface area contributed by atoms with Gasteiger partial charge in [0.05, 0.1) is 19.9 Å². The molecule has 0 atom stereocenters. The molecular weight excluding hydrogens is 449 g/mol. The highest BCUT2D eigenvalue weighted by Gasteiger charge is 2.36. The number of amides is 1. The third-order valence-corrected chi connectivity index (χ3v) is 5.05. The number of halogens is 3. The van der Waals surface area contributed by atoms with Crippen LogP contribution < -0.4 is 14.8 Å². The van der Waals surface area contributed by atoms with Crippen LogP contribution in [0.2, 0.25) is 0 Å². The molecule has 10 heteroatoms. The predicted molar refractivity (Wildman–Crippen MR) is 122 cm³/mol. The number of methoxy groups -OCH3 is 2. The first-order chi connectivity index (χ1) is 15.6. The molecule has 7 nitrogen and oxygen atoms in total. The molecule has 3 aromatic rings. The Balaban J connectivity index is 2.07. The maximum absolute atomic E-state index is 13.9. The fraction of sp³-hybridized carbons (Fsp3) is 0.458. The topological polar surface area (TPSA) is 77.8 Å². The van der Waals surface area contributed by atoms with Crippen molar-refractivity contribution in [3.05, 3.63) is 41.7 Å². The lowest BCUT2D eigenvalue weighted by Gasteiger charge is -2.33. The van der Waals surface area contributed by atoms with Crippen molar-refractivity contribution >= 4 is 11.6 Å². The molecule has 2 aromatic heterocycles. The van der Waals surface area contributed by atoms with E-state index >= 15 is 0 Å². The zero-order valence-electron chi connectivity index (χ0n) is 20.3. The molecule has 0 fully saturated rings. The van der Waals surface area contributed by atoms with Crippen LogP contribution in [0.15, 0.2) is 30.3 Å². The van der Waals surface area contributed by atoms with E-state index in [-0.39, 0.29) is 22.5 Å². The van der Waals surface area contributed by atoms with Crippen LogP contribution in [-0.2, 0) is 6.18 Å². The molecule has 0 bridgehead atoms. The number of hydrogen-bond acceptors (Lipinski definition) is 5. The van der Waals surface area contributed by atoms with Gasteiger partial charge < -0.3 is 14.8 Å². The number of carbonyl (C=O) groups is 1. The van der Waals surface area contributed by atoms with Crippen LogP contribution in [-0.4, -0.2) is 40.3 Å². The van der Waals surface area contributed by atoms with Gasteiger partial charge in [-0.3, -0.25) is 4.79 Å². The lowest BCUT2D eigenvalue weighted by Crippen LogP contribution is -2.46. The van der Waals surface area contributed by atoms with Crippen LogP contribution in [0.3, 0.4) is 0 Å². The molecule has 2 heterocycles. The maximum atomic E-state index is 13.9. The molecule has 0 aliphatic rings. The van der Waals surface area contributed by atoms with Gasteiger partial charge in [-0.25, -0.2) is 9.50 Å². The molecule has 184 valence electrons. The Morgan fingerprint density at radius 1 is 1.00 bits per heavy atom. The lowest BCUT2D eigenvalue weighted by molar-refractivity contribution is -0.142. The van der Waals surface area contributed by atoms with Gasteiger partial charge in [0, 0.05) is 17.2 Å². The van der Waals surface area contributed by atoms with E-state index in [4.69, 9.17) is 9.47 Å². The summed E-state index contributed by atoms with van der Waals surface area (Å²) in [5.74, 6) is 0.218. The zero-order chi connectivity index (χ0) is 25.5. The Labute approximate surface area is 196 Å². The van der Waals surface area contributed by atoms with Crippen LogP contribution in [0.1, 0.15) is 57.2 Å². The van der Waals surface area contributed by atoms with E-state index in [0.29, 0.717) is 28.0 Å². The summed E-state index contributed by atoms with van der Waals surface area (Å²) in [4.78, 5) is 17.2. The molecule has 1 aromatic carbocycles. The molecule has 0 aliphatic carbocycles. The van der Waals surface area contributed by atoms with Gasteiger partial charge in [-0.2, -0.15) is 18.3 Å². The maximum Gasteiger partial charge on any atom is 0.433 e. The lowest BCUT2D eigenvalue weighted by atomic mass is 9.82. The Morgan fingerprint density at radius 2 is 1.65 bits per heavy atom. The summed E-state index contributed by atoms with van der Waals surface area (Å²) in [5, 5.41) is 6.80. The summed E-state index contributed by atoms with van der Waals surface area (Å²) in [5.41, 5.74) is -1.49. The van der Waals surface area contributed by atoms with Crippen LogP contribution in [0.5, 0.6) is 11.5 Å².